The van der Waals surface area contributed by atoms with Crippen molar-refractivity contribution in [1.82, 2.24) is 10.2 Å². The van der Waals surface area contributed by atoms with Gasteiger partial charge >= 0.3 is 6.03 Å². The van der Waals surface area contributed by atoms with Gasteiger partial charge in [0, 0.05) is 19.1 Å². The van der Waals surface area contributed by atoms with Gasteiger partial charge < -0.3 is 16.0 Å². The Morgan fingerprint density at radius 3 is 2.50 bits per heavy atom. The van der Waals surface area contributed by atoms with Gasteiger partial charge in [0.25, 0.3) is 0 Å². The fraction of sp³-hybridized carbons (Fsp3) is 0.900. The molecule has 0 bridgehead atoms. The molecule has 1 aliphatic heterocycles. The molecule has 1 fully saturated rings. The van der Waals surface area contributed by atoms with E-state index in [-0.39, 0.29) is 6.03 Å². The minimum atomic E-state index is -0.285. The molecule has 0 spiro atoms. The van der Waals surface area contributed by atoms with Crippen LogP contribution in [0, 0.1) is 5.92 Å². The van der Waals surface area contributed by atoms with Crippen LogP contribution in [0.5, 0.6) is 0 Å². The molecule has 0 radical (unpaired) electrons. The lowest BCUT2D eigenvalue weighted by atomic mass is 10.0. The molecule has 3 N–H and O–H groups in total. The van der Waals surface area contributed by atoms with E-state index in [9.17, 15) is 4.79 Å². The highest BCUT2D eigenvalue weighted by atomic mass is 16.2. The van der Waals surface area contributed by atoms with Crippen LogP contribution in [0.25, 0.3) is 0 Å². The van der Waals surface area contributed by atoms with Crippen LogP contribution in [0.4, 0.5) is 4.79 Å². The Morgan fingerprint density at radius 2 is 2.07 bits per heavy atom. The topological polar surface area (TPSA) is 58.4 Å². The number of nitrogens with one attached hydrogen (secondary N) is 1. The van der Waals surface area contributed by atoms with Crippen LogP contribution in [0.2, 0.25) is 0 Å². The Balaban J connectivity index is 2.19. The zero-order valence-electron chi connectivity index (χ0n) is 9.12. The van der Waals surface area contributed by atoms with E-state index in [2.05, 4.69) is 19.2 Å². The summed E-state index contributed by atoms with van der Waals surface area (Å²) >= 11 is 0. The average Bonchev–Trinajstić information content (AvgIpc) is 2.15. The number of hydrogen-bond acceptors (Lipinski definition) is 2. The number of rotatable bonds is 3. The van der Waals surface area contributed by atoms with E-state index < -0.39 is 0 Å². The van der Waals surface area contributed by atoms with Crippen molar-refractivity contribution in [2.45, 2.75) is 32.7 Å². The van der Waals surface area contributed by atoms with Crippen molar-refractivity contribution in [3.63, 3.8) is 0 Å². The number of urea groups is 1. The molecule has 0 aromatic heterocycles. The quantitative estimate of drug-likeness (QED) is 0.705. The Labute approximate surface area is 85.8 Å². The number of amides is 2. The first-order chi connectivity index (χ1) is 6.59. The molecular weight excluding hydrogens is 178 g/mol. The third kappa shape index (κ3) is 3.54. The van der Waals surface area contributed by atoms with Gasteiger partial charge in [0.1, 0.15) is 0 Å². The van der Waals surface area contributed by atoms with Gasteiger partial charge in [-0.05, 0) is 25.3 Å². The van der Waals surface area contributed by atoms with Crippen LogP contribution in [0.3, 0.4) is 0 Å². The summed E-state index contributed by atoms with van der Waals surface area (Å²) in [7, 11) is 0. The van der Waals surface area contributed by atoms with Crippen LogP contribution in [-0.2, 0) is 0 Å². The zero-order chi connectivity index (χ0) is 10.6. The molecule has 82 valence electrons. The number of carbonyl (C=O) groups is 1. The molecule has 0 unspecified atom stereocenters. The average molecular weight is 199 g/mol. The summed E-state index contributed by atoms with van der Waals surface area (Å²) in [5.74, 6) is 0.684. The molecule has 0 aromatic rings. The second kappa shape index (κ2) is 5.20. The number of primary amides is 1. The van der Waals surface area contributed by atoms with Crippen molar-refractivity contribution >= 4 is 6.03 Å². The molecule has 2 amide bonds. The number of piperidine rings is 1. The fourth-order valence-corrected chi connectivity index (χ4v) is 1.71. The minimum absolute atomic E-state index is 0.285. The van der Waals surface area contributed by atoms with E-state index >= 15 is 0 Å². The highest BCUT2D eigenvalue weighted by Crippen LogP contribution is 2.09. The van der Waals surface area contributed by atoms with Crippen LogP contribution >= 0.6 is 0 Å². The lowest BCUT2D eigenvalue weighted by Gasteiger charge is -2.31. The molecule has 4 nitrogen and oxygen atoms in total. The summed E-state index contributed by atoms with van der Waals surface area (Å²) < 4.78 is 0. The predicted octanol–water partition coefficient (Wildman–Crippen LogP) is 0.775. The minimum Gasteiger partial charge on any atom is -0.351 e. The molecule has 0 aromatic carbocycles. The summed E-state index contributed by atoms with van der Waals surface area (Å²) in [5.41, 5.74) is 5.20. The van der Waals surface area contributed by atoms with Gasteiger partial charge in [-0.15, -0.1) is 0 Å². The molecular formula is C10H21N3O. The van der Waals surface area contributed by atoms with Crippen molar-refractivity contribution in [3.8, 4) is 0 Å². The van der Waals surface area contributed by atoms with Gasteiger partial charge in [-0.3, -0.25) is 0 Å². The molecule has 0 saturated carbocycles. The Morgan fingerprint density at radius 1 is 1.50 bits per heavy atom. The molecule has 1 rings (SSSR count). The Bertz CT molecular complexity index is 186. The third-order valence-electron chi connectivity index (χ3n) is 2.62. The maximum absolute atomic E-state index is 10.9. The van der Waals surface area contributed by atoms with Crippen LogP contribution in [-0.4, -0.2) is 36.6 Å². The number of nitrogens with two attached hydrogens (primary N) is 1. The molecule has 0 aliphatic carbocycles. The summed E-state index contributed by atoms with van der Waals surface area (Å²) in [6.45, 7) is 7.05. The maximum Gasteiger partial charge on any atom is 0.314 e. The summed E-state index contributed by atoms with van der Waals surface area (Å²) in [4.78, 5) is 12.6. The number of hydrogen-bond donors (Lipinski definition) is 2. The predicted molar refractivity (Wildman–Crippen MR) is 57.0 cm³/mol. The highest BCUT2D eigenvalue weighted by Gasteiger charge is 2.20. The first kappa shape index (κ1) is 11.3. The van der Waals surface area contributed by atoms with Gasteiger partial charge in [-0.25, -0.2) is 4.79 Å². The van der Waals surface area contributed by atoms with E-state index in [1.807, 2.05) is 0 Å². The largest absolute Gasteiger partial charge is 0.351 e. The molecule has 1 saturated heterocycles. The van der Waals surface area contributed by atoms with Gasteiger partial charge in [-0.2, -0.15) is 0 Å². The summed E-state index contributed by atoms with van der Waals surface area (Å²) in [5, 5.41) is 3.50. The monoisotopic (exact) mass is 199 g/mol. The highest BCUT2D eigenvalue weighted by molar-refractivity contribution is 5.72. The smallest absolute Gasteiger partial charge is 0.314 e. The van der Waals surface area contributed by atoms with E-state index in [4.69, 9.17) is 5.73 Å². The van der Waals surface area contributed by atoms with Crippen LogP contribution < -0.4 is 11.1 Å². The maximum atomic E-state index is 10.9. The van der Waals surface area contributed by atoms with Crippen molar-refractivity contribution in [1.29, 1.82) is 0 Å². The molecule has 1 aliphatic rings. The summed E-state index contributed by atoms with van der Waals surface area (Å²) in [6, 6.07) is 0.278. The van der Waals surface area contributed by atoms with Crippen molar-refractivity contribution < 1.29 is 4.79 Å². The van der Waals surface area contributed by atoms with Gasteiger partial charge in [0.2, 0.25) is 0 Å². The van der Waals surface area contributed by atoms with E-state index in [0.717, 1.165) is 32.5 Å². The van der Waals surface area contributed by atoms with Crippen LogP contribution in [0.15, 0.2) is 0 Å². The van der Waals surface area contributed by atoms with Crippen molar-refractivity contribution in [2.75, 3.05) is 19.6 Å². The van der Waals surface area contributed by atoms with Gasteiger partial charge in [-0.1, -0.05) is 13.8 Å². The Hall–Kier alpha value is -0.770. The molecule has 0 atom stereocenters. The van der Waals surface area contributed by atoms with E-state index in [1.54, 1.807) is 4.90 Å². The fourth-order valence-electron chi connectivity index (χ4n) is 1.71. The molecule has 4 heteroatoms. The first-order valence-corrected chi connectivity index (χ1v) is 5.37. The summed E-state index contributed by atoms with van der Waals surface area (Å²) in [6.07, 6.45) is 2.05. The van der Waals surface area contributed by atoms with Crippen molar-refractivity contribution in [3.05, 3.63) is 0 Å². The second-order valence-electron chi connectivity index (χ2n) is 4.40. The third-order valence-corrected chi connectivity index (χ3v) is 2.62. The van der Waals surface area contributed by atoms with Gasteiger partial charge in [0.15, 0.2) is 0 Å². The number of nitrogens with zero attached hydrogens (tertiary/aromatic N) is 1. The molecule has 1 heterocycles. The normalized spacial score (nSPS) is 18.9. The number of likely N-dealkylation sites (tertiary alicyclic amines) is 1. The Kier molecular flexibility index (Phi) is 4.20. The standard InChI is InChI=1S/C10H21N3O/c1-8(2)7-12-9-3-5-13(6-4-9)10(11)14/h8-9,12H,3-7H2,1-2H3,(H2,11,14). The SMILES string of the molecule is CC(C)CNC1CCN(C(N)=O)CC1. The van der Waals surface area contributed by atoms with E-state index in [1.165, 1.54) is 0 Å². The van der Waals surface area contributed by atoms with Gasteiger partial charge in [0.05, 0.1) is 0 Å². The second-order valence-corrected chi connectivity index (χ2v) is 4.40. The first-order valence-electron chi connectivity index (χ1n) is 5.37. The number of carbonyl (C=O) groups excluding carboxylic acids is 1. The molecule has 14 heavy (non-hydrogen) atoms. The lowest BCUT2D eigenvalue weighted by Crippen LogP contribution is -2.47. The zero-order valence-corrected chi connectivity index (χ0v) is 9.12. The lowest BCUT2D eigenvalue weighted by molar-refractivity contribution is 0.184. The van der Waals surface area contributed by atoms with E-state index in [0.29, 0.717) is 12.0 Å². The van der Waals surface area contributed by atoms with Crippen LogP contribution in [0.1, 0.15) is 26.7 Å². The van der Waals surface area contributed by atoms with Crippen molar-refractivity contribution in [2.24, 2.45) is 11.7 Å².